The Kier molecular flexibility index (Phi) is 4.46. The van der Waals surface area contributed by atoms with Gasteiger partial charge in [-0.25, -0.2) is 0 Å². The second kappa shape index (κ2) is 6.09. The zero-order valence-electron chi connectivity index (χ0n) is 11.8. The fourth-order valence-electron chi connectivity index (χ4n) is 3.02. The quantitative estimate of drug-likeness (QED) is 0.882. The first-order valence-corrected chi connectivity index (χ1v) is 7.15. The zero-order valence-corrected chi connectivity index (χ0v) is 11.8. The van der Waals surface area contributed by atoms with E-state index in [-0.39, 0.29) is 6.54 Å². The Bertz CT molecular complexity index is 427. The molecule has 0 aliphatic heterocycles. The van der Waals surface area contributed by atoms with Crippen molar-refractivity contribution >= 4 is 11.7 Å². The van der Waals surface area contributed by atoms with Crippen LogP contribution in [0.3, 0.4) is 0 Å². The number of carbonyl (C=O) groups is 1. The SMILES string of the molecule is CCC1CCC(N(CC(=O)O)c2ccc(C)cc2)C1. The summed E-state index contributed by atoms with van der Waals surface area (Å²) in [5.74, 6) is 0.00673. The number of hydrogen-bond acceptors (Lipinski definition) is 2. The maximum atomic E-state index is 11.1. The summed E-state index contributed by atoms with van der Waals surface area (Å²) in [4.78, 5) is 13.2. The van der Waals surface area contributed by atoms with Crippen LogP contribution in [-0.4, -0.2) is 23.7 Å². The monoisotopic (exact) mass is 261 g/mol. The van der Waals surface area contributed by atoms with Crippen LogP contribution in [0.4, 0.5) is 5.69 Å². The van der Waals surface area contributed by atoms with Crippen molar-refractivity contribution < 1.29 is 9.90 Å². The van der Waals surface area contributed by atoms with Crippen LogP contribution in [0.1, 0.15) is 38.2 Å². The second-order valence-corrected chi connectivity index (χ2v) is 5.60. The third-order valence-electron chi connectivity index (χ3n) is 4.20. The van der Waals surface area contributed by atoms with Crippen LogP contribution >= 0.6 is 0 Å². The summed E-state index contributed by atoms with van der Waals surface area (Å²) in [6.45, 7) is 4.37. The molecule has 0 heterocycles. The molecule has 3 nitrogen and oxygen atoms in total. The number of anilines is 1. The predicted molar refractivity (Wildman–Crippen MR) is 77.6 cm³/mol. The first-order chi connectivity index (χ1) is 9.10. The fourth-order valence-corrected chi connectivity index (χ4v) is 3.02. The summed E-state index contributed by atoms with van der Waals surface area (Å²) < 4.78 is 0. The molecule has 3 heteroatoms. The van der Waals surface area contributed by atoms with Gasteiger partial charge in [-0.15, -0.1) is 0 Å². The molecule has 19 heavy (non-hydrogen) atoms. The maximum absolute atomic E-state index is 11.1. The number of rotatable bonds is 5. The minimum absolute atomic E-state index is 0.101. The highest BCUT2D eigenvalue weighted by Gasteiger charge is 2.29. The van der Waals surface area contributed by atoms with E-state index in [0.717, 1.165) is 24.4 Å². The summed E-state index contributed by atoms with van der Waals surface area (Å²) in [6.07, 6.45) is 4.66. The van der Waals surface area contributed by atoms with Crippen LogP contribution < -0.4 is 4.90 Å². The van der Waals surface area contributed by atoms with Gasteiger partial charge in [-0.3, -0.25) is 4.79 Å². The molecule has 2 rings (SSSR count). The van der Waals surface area contributed by atoms with Crippen molar-refractivity contribution in [3.05, 3.63) is 29.8 Å². The lowest BCUT2D eigenvalue weighted by molar-refractivity contribution is -0.135. The van der Waals surface area contributed by atoms with Crippen molar-refractivity contribution in [1.82, 2.24) is 0 Å². The van der Waals surface area contributed by atoms with Gasteiger partial charge in [-0.1, -0.05) is 31.0 Å². The number of aliphatic carboxylic acids is 1. The number of hydrogen-bond donors (Lipinski definition) is 1. The summed E-state index contributed by atoms with van der Waals surface area (Å²) >= 11 is 0. The average Bonchev–Trinajstić information content (AvgIpc) is 2.85. The molecule has 104 valence electrons. The van der Waals surface area contributed by atoms with E-state index < -0.39 is 5.97 Å². The molecule has 0 amide bonds. The molecule has 0 spiro atoms. The van der Waals surface area contributed by atoms with Crippen LogP contribution in [0.2, 0.25) is 0 Å². The zero-order chi connectivity index (χ0) is 13.8. The van der Waals surface area contributed by atoms with Crippen LogP contribution in [0.25, 0.3) is 0 Å². The molecule has 1 aliphatic rings. The number of aryl methyl sites for hydroxylation is 1. The van der Waals surface area contributed by atoms with E-state index in [1.807, 2.05) is 19.1 Å². The molecule has 1 saturated carbocycles. The Morgan fingerprint density at radius 3 is 2.53 bits per heavy atom. The van der Waals surface area contributed by atoms with Crippen LogP contribution in [0, 0.1) is 12.8 Å². The summed E-state index contributed by atoms with van der Waals surface area (Å²) in [7, 11) is 0. The first-order valence-electron chi connectivity index (χ1n) is 7.15. The largest absolute Gasteiger partial charge is 0.480 e. The highest BCUT2D eigenvalue weighted by molar-refractivity contribution is 5.74. The van der Waals surface area contributed by atoms with Crippen molar-refractivity contribution in [2.45, 2.75) is 45.6 Å². The highest BCUT2D eigenvalue weighted by Crippen LogP contribution is 2.33. The molecule has 1 aromatic rings. The Morgan fingerprint density at radius 2 is 2.00 bits per heavy atom. The highest BCUT2D eigenvalue weighted by atomic mass is 16.4. The summed E-state index contributed by atoms with van der Waals surface area (Å²) in [5, 5.41) is 9.14. The smallest absolute Gasteiger partial charge is 0.323 e. The van der Waals surface area contributed by atoms with Crippen molar-refractivity contribution in [1.29, 1.82) is 0 Å². The average molecular weight is 261 g/mol. The molecule has 1 N–H and O–H groups in total. The van der Waals surface area contributed by atoms with Gasteiger partial charge in [0.25, 0.3) is 0 Å². The predicted octanol–water partition coefficient (Wildman–Crippen LogP) is 3.46. The minimum atomic E-state index is -0.750. The van der Waals surface area contributed by atoms with Gasteiger partial charge in [0.2, 0.25) is 0 Å². The van der Waals surface area contributed by atoms with Gasteiger partial charge in [-0.2, -0.15) is 0 Å². The maximum Gasteiger partial charge on any atom is 0.323 e. The van der Waals surface area contributed by atoms with Crippen molar-refractivity contribution in [3.8, 4) is 0 Å². The van der Waals surface area contributed by atoms with Gasteiger partial charge in [-0.05, 0) is 44.2 Å². The molecular weight excluding hydrogens is 238 g/mol. The fraction of sp³-hybridized carbons (Fsp3) is 0.562. The molecule has 0 aromatic heterocycles. The Labute approximate surface area is 115 Å². The van der Waals surface area contributed by atoms with E-state index in [0.29, 0.717) is 6.04 Å². The molecule has 2 unspecified atom stereocenters. The van der Waals surface area contributed by atoms with Crippen LogP contribution in [-0.2, 0) is 4.79 Å². The van der Waals surface area contributed by atoms with E-state index in [9.17, 15) is 4.79 Å². The van der Waals surface area contributed by atoms with E-state index in [4.69, 9.17) is 5.11 Å². The third-order valence-corrected chi connectivity index (χ3v) is 4.20. The van der Waals surface area contributed by atoms with Crippen molar-refractivity contribution in [3.63, 3.8) is 0 Å². The molecule has 1 aromatic carbocycles. The molecule has 1 fully saturated rings. The Morgan fingerprint density at radius 1 is 1.32 bits per heavy atom. The second-order valence-electron chi connectivity index (χ2n) is 5.60. The lowest BCUT2D eigenvalue weighted by Crippen LogP contribution is -2.37. The summed E-state index contributed by atoms with van der Waals surface area (Å²) in [6, 6.07) is 8.56. The van der Waals surface area contributed by atoms with E-state index in [2.05, 4.69) is 24.0 Å². The van der Waals surface area contributed by atoms with Crippen LogP contribution in [0.15, 0.2) is 24.3 Å². The number of carboxylic acid groups (broad SMARTS) is 1. The lowest BCUT2D eigenvalue weighted by Gasteiger charge is -2.30. The Balaban J connectivity index is 2.16. The van der Waals surface area contributed by atoms with Gasteiger partial charge in [0, 0.05) is 11.7 Å². The van der Waals surface area contributed by atoms with Gasteiger partial charge in [0.1, 0.15) is 6.54 Å². The standard InChI is InChI=1S/C16H23NO2/c1-3-13-6-9-15(10-13)17(11-16(18)19)14-7-4-12(2)5-8-14/h4-5,7-8,13,15H,3,6,9-11H2,1-2H3,(H,18,19). The van der Waals surface area contributed by atoms with Gasteiger partial charge < -0.3 is 10.0 Å². The lowest BCUT2D eigenvalue weighted by atomic mass is 10.0. The molecule has 1 aliphatic carbocycles. The molecular formula is C16H23NO2. The van der Waals surface area contributed by atoms with Gasteiger partial charge >= 0.3 is 5.97 Å². The molecule has 0 saturated heterocycles. The van der Waals surface area contributed by atoms with Crippen molar-refractivity contribution in [2.75, 3.05) is 11.4 Å². The molecule has 0 bridgehead atoms. The number of benzene rings is 1. The van der Waals surface area contributed by atoms with E-state index in [1.54, 1.807) is 0 Å². The minimum Gasteiger partial charge on any atom is -0.480 e. The molecule has 2 atom stereocenters. The first kappa shape index (κ1) is 13.9. The topological polar surface area (TPSA) is 40.5 Å². The van der Waals surface area contributed by atoms with E-state index in [1.165, 1.54) is 18.4 Å². The van der Waals surface area contributed by atoms with Gasteiger partial charge in [0.15, 0.2) is 0 Å². The third kappa shape index (κ3) is 3.49. The normalized spacial score (nSPS) is 22.4. The number of nitrogens with zero attached hydrogens (tertiary/aromatic N) is 1. The van der Waals surface area contributed by atoms with Crippen LogP contribution in [0.5, 0.6) is 0 Å². The van der Waals surface area contributed by atoms with E-state index >= 15 is 0 Å². The van der Waals surface area contributed by atoms with Gasteiger partial charge in [0.05, 0.1) is 0 Å². The Hall–Kier alpha value is -1.51. The summed E-state index contributed by atoms with van der Waals surface area (Å²) in [5.41, 5.74) is 2.24. The van der Waals surface area contributed by atoms with Crippen molar-refractivity contribution in [2.24, 2.45) is 5.92 Å². The number of carboxylic acids is 1. The molecule has 0 radical (unpaired) electrons.